The van der Waals surface area contributed by atoms with Crippen molar-refractivity contribution in [3.8, 4) is 0 Å². The van der Waals surface area contributed by atoms with Gasteiger partial charge in [0.2, 0.25) is 0 Å². The summed E-state index contributed by atoms with van der Waals surface area (Å²) < 4.78 is 4.86. The molecule has 2 nitrogen and oxygen atoms in total. The summed E-state index contributed by atoms with van der Waals surface area (Å²) in [5, 5.41) is 0. The number of rotatable bonds is 15. The lowest BCUT2D eigenvalue weighted by Crippen LogP contribution is -2.35. The number of hydrogen-bond donors (Lipinski definition) is 0. The average Bonchev–Trinajstić information content (AvgIpc) is 2.90. The standard InChI is InChI=1S/C21H41N2/c1-4-6-8-9-10-11-12-13-14-16-18-23-20-19-22(21(23)3)17-15-7-5-2/h19-20H,4-18H2,1-3H3/q+1. The van der Waals surface area contributed by atoms with E-state index in [4.69, 9.17) is 0 Å². The second-order valence-corrected chi connectivity index (χ2v) is 7.12. The van der Waals surface area contributed by atoms with Crippen molar-refractivity contribution in [2.24, 2.45) is 0 Å². The number of unbranched alkanes of at least 4 members (excludes halogenated alkanes) is 11. The molecule has 0 aromatic carbocycles. The van der Waals surface area contributed by atoms with E-state index in [0.717, 1.165) is 0 Å². The second-order valence-electron chi connectivity index (χ2n) is 7.12. The molecule has 1 rings (SSSR count). The highest BCUT2D eigenvalue weighted by molar-refractivity contribution is 4.79. The number of imidazole rings is 1. The zero-order chi connectivity index (χ0) is 16.8. The number of aryl methyl sites for hydroxylation is 2. The van der Waals surface area contributed by atoms with Crippen molar-refractivity contribution in [2.75, 3.05) is 0 Å². The van der Waals surface area contributed by atoms with E-state index in [0.29, 0.717) is 0 Å². The molecule has 134 valence electrons. The monoisotopic (exact) mass is 321 g/mol. The minimum absolute atomic E-state index is 1.19. The van der Waals surface area contributed by atoms with Gasteiger partial charge in [0, 0.05) is 6.92 Å². The third kappa shape index (κ3) is 9.17. The van der Waals surface area contributed by atoms with Crippen LogP contribution in [0.15, 0.2) is 12.4 Å². The highest BCUT2D eigenvalue weighted by Gasteiger charge is 2.10. The van der Waals surface area contributed by atoms with Gasteiger partial charge in [-0.25, -0.2) is 9.13 Å². The van der Waals surface area contributed by atoms with Crippen LogP contribution in [0.25, 0.3) is 0 Å². The summed E-state index contributed by atoms with van der Waals surface area (Å²) in [4.78, 5) is 0. The number of nitrogens with zero attached hydrogens (tertiary/aromatic N) is 2. The topological polar surface area (TPSA) is 8.81 Å². The second kappa shape index (κ2) is 13.6. The third-order valence-electron chi connectivity index (χ3n) is 5.01. The van der Waals surface area contributed by atoms with Crippen LogP contribution < -0.4 is 4.57 Å². The van der Waals surface area contributed by atoms with Crippen molar-refractivity contribution >= 4 is 0 Å². The predicted molar refractivity (Wildman–Crippen MR) is 101 cm³/mol. The molecule has 0 saturated heterocycles. The normalized spacial score (nSPS) is 11.3. The molecule has 1 aromatic heterocycles. The van der Waals surface area contributed by atoms with E-state index in [2.05, 4.69) is 42.3 Å². The molecule has 0 radical (unpaired) electrons. The van der Waals surface area contributed by atoms with Crippen LogP contribution >= 0.6 is 0 Å². The SMILES string of the molecule is CCCCCCCCCCCC[n+]1ccn(CCCCC)c1C. The molecule has 0 unspecified atom stereocenters. The van der Waals surface area contributed by atoms with Gasteiger partial charge in [-0.15, -0.1) is 0 Å². The maximum absolute atomic E-state index is 2.44. The molecule has 0 bridgehead atoms. The van der Waals surface area contributed by atoms with E-state index in [1.54, 1.807) is 0 Å². The Balaban J connectivity index is 2.03. The van der Waals surface area contributed by atoms with Crippen LogP contribution in [-0.2, 0) is 13.1 Å². The minimum atomic E-state index is 1.19. The van der Waals surface area contributed by atoms with Gasteiger partial charge in [-0.1, -0.05) is 71.6 Å². The van der Waals surface area contributed by atoms with E-state index >= 15 is 0 Å². The molecule has 1 heterocycles. The lowest BCUT2D eigenvalue weighted by atomic mass is 10.1. The Bertz CT molecular complexity index is 381. The molecule has 0 saturated carbocycles. The van der Waals surface area contributed by atoms with Crippen molar-refractivity contribution < 1.29 is 4.57 Å². The molecule has 0 aliphatic rings. The molecule has 0 spiro atoms. The fourth-order valence-electron chi connectivity index (χ4n) is 3.32. The Hall–Kier alpha value is -0.790. The Labute approximate surface area is 145 Å². The average molecular weight is 322 g/mol. The minimum Gasteiger partial charge on any atom is -0.234 e. The van der Waals surface area contributed by atoms with Gasteiger partial charge >= 0.3 is 0 Å². The van der Waals surface area contributed by atoms with Crippen LogP contribution in [0, 0.1) is 6.92 Å². The number of aromatic nitrogens is 2. The summed E-state index contributed by atoms with van der Waals surface area (Å²) in [6.45, 7) is 9.21. The first-order chi connectivity index (χ1) is 11.3. The Morgan fingerprint density at radius 1 is 0.739 bits per heavy atom. The molecule has 0 atom stereocenters. The van der Waals surface area contributed by atoms with Crippen LogP contribution in [0.5, 0.6) is 0 Å². The van der Waals surface area contributed by atoms with Crippen LogP contribution in [0.1, 0.15) is 103 Å². The summed E-state index contributed by atoms with van der Waals surface area (Å²) in [5.41, 5.74) is 0. The van der Waals surface area contributed by atoms with Gasteiger partial charge in [0.25, 0.3) is 5.82 Å². The molecule has 23 heavy (non-hydrogen) atoms. The summed E-state index contributed by atoms with van der Waals surface area (Å²) in [5.74, 6) is 1.43. The van der Waals surface area contributed by atoms with Crippen LogP contribution in [-0.4, -0.2) is 4.57 Å². The fraction of sp³-hybridized carbons (Fsp3) is 0.857. The highest BCUT2D eigenvalue weighted by Crippen LogP contribution is 2.10. The Morgan fingerprint density at radius 2 is 1.26 bits per heavy atom. The van der Waals surface area contributed by atoms with E-state index in [9.17, 15) is 0 Å². The summed E-state index contributed by atoms with van der Waals surface area (Å²) in [6, 6.07) is 0. The van der Waals surface area contributed by atoms with Gasteiger partial charge in [-0.05, 0) is 25.7 Å². The summed E-state index contributed by atoms with van der Waals surface area (Å²) in [7, 11) is 0. The maximum atomic E-state index is 2.44. The lowest BCUT2D eigenvalue weighted by Gasteiger charge is -2.03. The molecule has 0 fully saturated rings. The van der Waals surface area contributed by atoms with Crippen LogP contribution in [0.4, 0.5) is 0 Å². The molecule has 0 aliphatic carbocycles. The fourth-order valence-corrected chi connectivity index (χ4v) is 3.32. The zero-order valence-corrected chi connectivity index (χ0v) is 16.2. The summed E-state index contributed by atoms with van der Waals surface area (Å²) in [6.07, 6.45) is 22.7. The van der Waals surface area contributed by atoms with Gasteiger partial charge < -0.3 is 0 Å². The summed E-state index contributed by atoms with van der Waals surface area (Å²) >= 11 is 0. The van der Waals surface area contributed by atoms with E-state index in [1.165, 1.54) is 102 Å². The van der Waals surface area contributed by atoms with E-state index in [-0.39, 0.29) is 0 Å². The highest BCUT2D eigenvalue weighted by atomic mass is 15.1. The van der Waals surface area contributed by atoms with Crippen LogP contribution in [0.2, 0.25) is 0 Å². The van der Waals surface area contributed by atoms with E-state index < -0.39 is 0 Å². The number of hydrogen-bond acceptors (Lipinski definition) is 0. The smallest absolute Gasteiger partial charge is 0.234 e. The molecular formula is C21H41N2+. The molecule has 2 heteroatoms. The van der Waals surface area contributed by atoms with Gasteiger partial charge in [-0.2, -0.15) is 0 Å². The zero-order valence-electron chi connectivity index (χ0n) is 16.2. The predicted octanol–water partition coefficient (Wildman–Crippen LogP) is 6.20. The molecule has 0 aliphatic heterocycles. The van der Waals surface area contributed by atoms with Crippen molar-refractivity contribution in [3.05, 3.63) is 18.2 Å². The molecular weight excluding hydrogens is 280 g/mol. The van der Waals surface area contributed by atoms with Crippen molar-refractivity contribution in [2.45, 2.75) is 117 Å². The van der Waals surface area contributed by atoms with Gasteiger partial charge in [0.15, 0.2) is 0 Å². The van der Waals surface area contributed by atoms with Crippen molar-refractivity contribution in [3.63, 3.8) is 0 Å². The van der Waals surface area contributed by atoms with Gasteiger partial charge in [0.05, 0.1) is 13.1 Å². The molecule has 1 aromatic rings. The van der Waals surface area contributed by atoms with E-state index in [1.807, 2.05) is 0 Å². The lowest BCUT2D eigenvalue weighted by molar-refractivity contribution is -0.702. The maximum Gasteiger partial charge on any atom is 0.253 e. The Morgan fingerprint density at radius 3 is 1.87 bits per heavy atom. The first kappa shape index (κ1) is 20.3. The van der Waals surface area contributed by atoms with Gasteiger partial charge in [0.1, 0.15) is 12.4 Å². The van der Waals surface area contributed by atoms with Crippen molar-refractivity contribution in [1.29, 1.82) is 0 Å². The largest absolute Gasteiger partial charge is 0.253 e. The van der Waals surface area contributed by atoms with Crippen molar-refractivity contribution in [1.82, 2.24) is 4.57 Å². The quantitative estimate of drug-likeness (QED) is 0.269. The molecule has 0 amide bonds. The first-order valence-corrected chi connectivity index (χ1v) is 10.3. The third-order valence-corrected chi connectivity index (χ3v) is 5.01. The Kier molecular flexibility index (Phi) is 12.0. The van der Waals surface area contributed by atoms with Crippen LogP contribution in [0.3, 0.4) is 0 Å². The molecule has 0 N–H and O–H groups in total. The van der Waals surface area contributed by atoms with Gasteiger partial charge in [-0.3, -0.25) is 0 Å². The first-order valence-electron chi connectivity index (χ1n) is 10.3.